The van der Waals surface area contributed by atoms with Crippen LogP contribution in [0.4, 0.5) is 0 Å². The number of benzene rings is 1. The summed E-state index contributed by atoms with van der Waals surface area (Å²) in [6.45, 7) is 4.02. The molecule has 0 unspecified atom stereocenters. The van der Waals surface area contributed by atoms with Crippen molar-refractivity contribution in [1.82, 2.24) is 0 Å². The Morgan fingerprint density at radius 2 is 1.79 bits per heavy atom. The average molecular weight is 293 g/mol. The molecule has 0 saturated carbocycles. The van der Waals surface area contributed by atoms with Gasteiger partial charge in [-0.3, -0.25) is 0 Å². The first-order valence-corrected chi connectivity index (χ1v) is 6.41. The molecule has 0 aromatic heterocycles. The molecule has 0 aliphatic rings. The summed E-state index contributed by atoms with van der Waals surface area (Å²) in [7, 11) is 0. The van der Waals surface area contributed by atoms with Crippen molar-refractivity contribution >= 4 is 26.8 Å². The molecule has 0 heterocycles. The Morgan fingerprint density at radius 1 is 1.07 bits per heavy atom. The van der Waals surface area contributed by atoms with Crippen molar-refractivity contribution in [1.29, 1.82) is 0 Å². The molecule has 14 heavy (non-hydrogen) atoms. The van der Waals surface area contributed by atoms with Gasteiger partial charge in [-0.15, -0.1) is 0 Å². The third-order valence-electron chi connectivity index (χ3n) is 1.92. The van der Waals surface area contributed by atoms with E-state index in [9.17, 15) is 0 Å². The van der Waals surface area contributed by atoms with Crippen molar-refractivity contribution in [3.05, 3.63) is 33.7 Å². The van der Waals surface area contributed by atoms with E-state index in [4.69, 9.17) is 0 Å². The summed E-state index contributed by atoms with van der Waals surface area (Å²) in [6.07, 6.45) is 2.07. The van der Waals surface area contributed by atoms with Crippen LogP contribution in [0.25, 0.3) is 12.7 Å². The predicted octanol–water partition coefficient (Wildman–Crippen LogP) is -0.379. The molecule has 1 aromatic rings. The van der Waals surface area contributed by atoms with Crippen molar-refractivity contribution in [2.45, 2.75) is 0 Å². The van der Waals surface area contributed by atoms with Crippen molar-refractivity contribution in [3.8, 4) is 0 Å². The molecule has 3 heteroatoms. The third kappa shape index (κ3) is 2.67. The topological polar surface area (TPSA) is 0 Å². The Kier molecular flexibility index (Phi) is 5.33. The van der Waals surface area contributed by atoms with Crippen LogP contribution in [-0.2, 0) is 50.9 Å². The van der Waals surface area contributed by atoms with Crippen LogP contribution in [0.1, 0.15) is 11.1 Å². The Balaban J connectivity index is 3.77. The van der Waals surface area contributed by atoms with E-state index >= 15 is 0 Å². The van der Waals surface area contributed by atoms with Gasteiger partial charge < -0.3 is 0 Å². The van der Waals surface area contributed by atoms with Gasteiger partial charge in [0.15, 0.2) is 0 Å². The molecule has 0 atom stereocenters. The maximum atomic E-state index is 4.02. The fourth-order valence-electron chi connectivity index (χ4n) is 1.23. The Morgan fingerprint density at radius 3 is 2.29 bits per heavy atom. The minimum atomic E-state index is 1.06. The summed E-state index contributed by atoms with van der Waals surface area (Å²) in [5.74, 6) is 0. The maximum absolute atomic E-state index is 4.02. The van der Waals surface area contributed by atoms with Crippen LogP contribution in [0.2, 0.25) is 0 Å². The Bertz CT molecular complexity index is 486. The summed E-state index contributed by atoms with van der Waals surface area (Å²) in [5, 5.41) is 2.24. The van der Waals surface area contributed by atoms with Crippen LogP contribution < -0.4 is 10.4 Å². The molecule has 0 radical (unpaired) electrons. The van der Waals surface area contributed by atoms with Crippen LogP contribution in [0.15, 0.2) is 12.1 Å². The van der Waals surface area contributed by atoms with E-state index in [-0.39, 0.29) is 0 Å². The van der Waals surface area contributed by atoms with Gasteiger partial charge in [-0.25, -0.2) is 0 Å². The fourth-order valence-corrected chi connectivity index (χ4v) is 2.26. The number of hydrogen-bond donors (Lipinski definition) is 0. The predicted molar refractivity (Wildman–Crippen MR) is 52.1 cm³/mol. The molecule has 67 valence electrons. The first-order chi connectivity index (χ1) is 6.74. The van der Waals surface area contributed by atoms with Crippen LogP contribution in [0, 0.1) is 0 Å². The van der Waals surface area contributed by atoms with Gasteiger partial charge in [-0.05, 0) is 0 Å². The van der Waals surface area contributed by atoms with E-state index < -0.39 is 0 Å². The van der Waals surface area contributed by atoms with Crippen molar-refractivity contribution in [2.75, 3.05) is 0 Å². The quantitative estimate of drug-likeness (QED) is 0.713. The molecule has 0 amide bonds. The summed E-state index contributed by atoms with van der Waals surface area (Å²) < 4.78 is 6.09. The molecular weight excluding hydrogens is 285 g/mol. The van der Waals surface area contributed by atoms with E-state index in [1.807, 2.05) is 15.5 Å². The van der Waals surface area contributed by atoms with Crippen LogP contribution in [0.3, 0.4) is 0 Å². The monoisotopic (exact) mass is 293 g/mol. The second-order valence-corrected chi connectivity index (χ2v) is 3.99. The van der Waals surface area contributed by atoms with Gasteiger partial charge in [-0.2, -0.15) is 0 Å². The van der Waals surface area contributed by atoms with E-state index in [2.05, 4.69) is 74.4 Å². The SMILES string of the molecule is C=c1ccc([CH]=[V])c([CH]=[V])c1=C[CH]=[V]. The summed E-state index contributed by atoms with van der Waals surface area (Å²) in [4.78, 5) is 0. The van der Waals surface area contributed by atoms with Gasteiger partial charge in [-0.1, -0.05) is 0 Å². The molecule has 0 N–H and O–H groups in total. The molecule has 1 rings (SSSR count). The second kappa shape index (κ2) is 6.03. The molecule has 0 bridgehead atoms. The molecule has 0 aliphatic heterocycles. The van der Waals surface area contributed by atoms with Gasteiger partial charge >= 0.3 is 111 Å². The fraction of sp³-hybridized carbons (Fsp3) is 0. The minimum absolute atomic E-state index is 1.06. The van der Waals surface area contributed by atoms with E-state index in [1.54, 1.807) is 0 Å². The first-order valence-electron chi connectivity index (χ1n) is 3.99. The average Bonchev–Trinajstić information content (AvgIpc) is 2.21. The molecule has 0 nitrogen and oxygen atoms in total. The van der Waals surface area contributed by atoms with Crippen LogP contribution >= 0.6 is 0 Å². The molecule has 0 fully saturated rings. The zero-order chi connectivity index (χ0) is 10.6. The molecular formula is C11H8V3. The molecule has 0 aliphatic carbocycles. The first kappa shape index (κ1) is 12.4. The Labute approximate surface area is 111 Å². The summed E-state index contributed by atoms with van der Waals surface area (Å²) in [5.41, 5.74) is 2.44. The van der Waals surface area contributed by atoms with Crippen molar-refractivity contribution < 1.29 is 50.9 Å². The zero-order valence-electron chi connectivity index (χ0n) is 7.51. The van der Waals surface area contributed by atoms with Crippen molar-refractivity contribution in [3.63, 3.8) is 0 Å². The van der Waals surface area contributed by atoms with Gasteiger partial charge in [0, 0.05) is 0 Å². The number of hydrogen-bond acceptors (Lipinski definition) is 0. The third-order valence-corrected chi connectivity index (χ3v) is 2.99. The molecule has 0 saturated heterocycles. The van der Waals surface area contributed by atoms with Gasteiger partial charge in [0.25, 0.3) is 0 Å². The standard InChI is InChI=1S/C11H8.3V/c1-5-11-9(3)7-6-8(2)10(11)4;;;/h1-2,4-7H,3H2;;;. The summed E-state index contributed by atoms with van der Waals surface area (Å²) >= 11 is 7.43. The Hall–Kier alpha value is 0.323. The van der Waals surface area contributed by atoms with E-state index in [1.165, 1.54) is 16.3 Å². The summed E-state index contributed by atoms with van der Waals surface area (Å²) in [6, 6.07) is 4.13. The van der Waals surface area contributed by atoms with Gasteiger partial charge in [0.2, 0.25) is 0 Å². The number of rotatable bonds is 3. The van der Waals surface area contributed by atoms with E-state index in [0.717, 1.165) is 5.22 Å². The van der Waals surface area contributed by atoms with E-state index in [0.29, 0.717) is 0 Å². The molecule has 0 spiro atoms. The zero-order valence-corrected chi connectivity index (χ0v) is 11.7. The normalized spacial score (nSPS) is 10.8. The van der Waals surface area contributed by atoms with Crippen molar-refractivity contribution in [2.24, 2.45) is 0 Å². The second-order valence-electron chi connectivity index (χ2n) is 2.72. The molecule has 1 aromatic carbocycles. The van der Waals surface area contributed by atoms with Gasteiger partial charge in [0.1, 0.15) is 0 Å². The van der Waals surface area contributed by atoms with Crippen LogP contribution in [-0.4, -0.2) is 14.2 Å². The van der Waals surface area contributed by atoms with Gasteiger partial charge in [0.05, 0.1) is 0 Å². The van der Waals surface area contributed by atoms with Crippen LogP contribution in [0.5, 0.6) is 0 Å².